The van der Waals surface area contributed by atoms with E-state index in [1.165, 1.54) is 5.56 Å². The molecule has 0 aromatic carbocycles. The standard InChI is InChI=1S/C14H20N4/c1-4-5-15-8-13-7-14(10-16-9-13)18-12(3)6-11(2)17-18/h6-7,9-10,15H,4-5,8H2,1-3H3. The number of hydrogen-bond donors (Lipinski definition) is 1. The fourth-order valence-electron chi connectivity index (χ4n) is 1.99. The van der Waals surface area contributed by atoms with Gasteiger partial charge in [0.2, 0.25) is 0 Å². The van der Waals surface area contributed by atoms with Gasteiger partial charge in [-0.3, -0.25) is 4.98 Å². The van der Waals surface area contributed by atoms with Crippen LogP contribution in [-0.4, -0.2) is 21.3 Å². The maximum atomic E-state index is 4.47. The predicted octanol–water partition coefficient (Wildman–Crippen LogP) is 2.38. The van der Waals surface area contributed by atoms with Gasteiger partial charge in [-0.15, -0.1) is 0 Å². The smallest absolute Gasteiger partial charge is 0.0835 e. The van der Waals surface area contributed by atoms with Gasteiger partial charge in [0.1, 0.15) is 0 Å². The molecule has 0 aliphatic carbocycles. The minimum Gasteiger partial charge on any atom is -0.313 e. The molecule has 2 aromatic rings. The summed E-state index contributed by atoms with van der Waals surface area (Å²) >= 11 is 0. The van der Waals surface area contributed by atoms with Gasteiger partial charge in [0.05, 0.1) is 17.6 Å². The zero-order valence-electron chi connectivity index (χ0n) is 11.3. The Morgan fingerprint density at radius 2 is 2.06 bits per heavy atom. The van der Waals surface area contributed by atoms with Crippen LogP contribution >= 0.6 is 0 Å². The highest BCUT2D eigenvalue weighted by Gasteiger charge is 2.04. The van der Waals surface area contributed by atoms with E-state index < -0.39 is 0 Å². The van der Waals surface area contributed by atoms with Crippen molar-refractivity contribution in [1.29, 1.82) is 0 Å². The van der Waals surface area contributed by atoms with Crippen LogP contribution in [0.5, 0.6) is 0 Å². The number of hydrogen-bond acceptors (Lipinski definition) is 3. The fourth-order valence-corrected chi connectivity index (χ4v) is 1.99. The van der Waals surface area contributed by atoms with Gasteiger partial charge in [-0.25, -0.2) is 4.68 Å². The summed E-state index contributed by atoms with van der Waals surface area (Å²) in [5.41, 5.74) is 4.37. The number of pyridine rings is 1. The van der Waals surface area contributed by atoms with E-state index in [9.17, 15) is 0 Å². The summed E-state index contributed by atoms with van der Waals surface area (Å²) in [5.74, 6) is 0. The van der Waals surface area contributed by atoms with Crippen LogP contribution in [0.2, 0.25) is 0 Å². The van der Waals surface area contributed by atoms with E-state index in [0.29, 0.717) is 0 Å². The van der Waals surface area contributed by atoms with E-state index in [1.807, 2.05) is 24.0 Å². The van der Waals surface area contributed by atoms with Gasteiger partial charge in [-0.2, -0.15) is 5.10 Å². The lowest BCUT2D eigenvalue weighted by molar-refractivity contribution is 0.672. The van der Waals surface area contributed by atoms with Gasteiger partial charge >= 0.3 is 0 Å². The summed E-state index contributed by atoms with van der Waals surface area (Å²) in [5, 5.41) is 7.85. The van der Waals surface area contributed by atoms with Crippen molar-refractivity contribution in [3.05, 3.63) is 41.5 Å². The van der Waals surface area contributed by atoms with Crippen LogP contribution in [0.25, 0.3) is 5.69 Å². The number of aromatic nitrogens is 3. The summed E-state index contributed by atoms with van der Waals surface area (Å²) < 4.78 is 1.94. The van der Waals surface area contributed by atoms with Gasteiger partial charge in [0.15, 0.2) is 0 Å². The molecular formula is C14H20N4. The SMILES string of the molecule is CCCNCc1cncc(-n2nc(C)cc2C)c1. The molecule has 0 saturated carbocycles. The maximum Gasteiger partial charge on any atom is 0.0835 e. The normalized spacial score (nSPS) is 10.8. The van der Waals surface area contributed by atoms with Crippen LogP contribution < -0.4 is 5.32 Å². The lowest BCUT2D eigenvalue weighted by atomic mass is 10.2. The molecule has 0 aliphatic rings. The van der Waals surface area contributed by atoms with Crippen LogP contribution in [0.3, 0.4) is 0 Å². The second-order valence-electron chi connectivity index (χ2n) is 4.57. The highest BCUT2D eigenvalue weighted by molar-refractivity contribution is 5.33. The Morgan fingerprint density at radius 3 is 2.72 bits per heavy atom. The Morgan fingerprint density at radius 1 is 1.22 bits per heavy atom. The zero-order chi connectivity index (χ0) is 13.0. The number of nitrogens with zero attached hydrogens (tertiary/aromatic N) is 3. The molecule has 0 bridgehead atoms. The van der Waals surface area contributed by atoms with Gasteiger partial charge in [-0.1, -0.05) is 6.92 Å². The summed E-state index contributed by atoms with van der Waals surface area (Å²) in [7, 11) is 0. The van der Waals surface area contributed by atoms with Gasteiger partial charge < -0.3 is 5.32 Å². The summed E-state index contributed by atoms with van der Waals surface area (Å²) in [6, 6.07) is 4.21. The molecule has 1 N–H and O–H groups in total. The Bertz CT molecular complexity index is 516. The fraction of sp³-hybridized carbons (Fsp3) is 0.429. The molecule has 0 fully saturated rings. The van der Waals surface area contributed by atoms with Crippen LogP contribution in [0.15, 0.2) is 24.5 Å². The van der Waals surface area contributed by atoms with E-state index in [4.69, 9.17) is 0 Å². The molecule has 2 aromatic heterocycles. The summed E-state index contributed by atoms with van der Waals surface area (Å²) in [6.07, 6.45) is 4.89. The largest absolute Gasteiger partial charge is 0.313 e. The van der Waals surface area contributed by atoms with Gasteiger partial charge in [0, 0.05) is 18.4 Å². The van der Waals surface area contributed by atoms with E-state index in [-0.39, 0.29) is 0 Å². The molecule has 0 aliphatic heterocycles. The molecule has 0 radical (unpaired) electrons. The maximum absolute atomic E-state index is 4.47. The lowest BCUT2D eigenvalue weighted by Crippen LogP contribution is -2.14. The van der Waals surface area contributed by atoms with Crippen molar-refractivity contribution in [1.82, 2.24) is 20.1 Å². The first kappa shape index (κ1) is 12.8. The second-order valence-corrected chi connectivity index (χ2v) is 4.57. The van der Waals surface area contributed by atoms with Crippen molar-refractivity contribution >= 4 is 0 Å². The van der Waals surface area contributed by atoms with Crippen molar-refractivity contribution in [3.8, 4) is 5.69 Å². The minimum atomic E-state index is 0.855. The van der Waals surface area contributed by atoms with Gasteiger partial charge in [0.25, 0.3) is 0 Å². The number of aryl methyl sites for hydroxylation is 2. The lowest BCUT2D eigenvalue weighted by Gasteiger charge is -2.07. The average molecular weight is 244 g/mol. The third kappa shape index (κ3) is 2.96. The quantitative estimate of drug-likeness (QED) is 0.821. The molecule has 2 heterocycles. The molecule has 0 saturated heterocycles. The van der Waals surface area contributed by atoms with E-state index >= 15 is 0 Å². The first-order chi connectivity index (χ1) is 8.70. The second kappa shape index (κ2) is 5.78. The Hall–Kier alpha value is -1.68. The molecule has 18 heavy (non-hydrogen) atoms. The molecule has 4 nitrogen and oxygen atoms in total. The Kier molecular flexibility index (Phi) is 4.10. The molecule has 0 unspecified atom stereocenters. The summed E-state index contributed by atoms with van der Waals surface area (Å²) in [4.78, 5) is 4.29. The van der Waals surface area contributed by atoms with Crippen molar-refractivity contribution in [3.63, 3.8) is 0 Å². The third-order valence-corrected chi connectivity index (χ3v) is 2.79. The zero-order valence-corrected chi connectivity index (χ0v) is 11.3. The Balaban J connectivity index is 2.19. The number of nitrogens with one attached hydrogen (secondary N) is 1. The van der Waals surface area contributed by atoms with Crippen molar-refractivity contribution in [2.24, 2.45) is 0 Å². The monoisotopic (exact) mass is 244 g/mol. The molecule has 0 spiro atoms. The third-order valence-electron chi connectivity index (χ3n) is 2.79. The van der Waals surface area contributed by atoms with Crippen LogP contribution in [-0.2, 0) is 6.54 Å². The van der Waals surface area contributed by atoms with Crippen molar-refractivity contribution in [2.75, 3.05) is 6.54 Å². The van der Waals surface area contributed by atoms with E-state index in [0.717, 1.165) is 36.6 Å². The first-order valence-corrected chi connectivity index (χ1v) is 6.39. The topological polar surface area (TPSA) is 42.7 Å². The molecule has 4 heteroatoms. The van der Waals surface area contributed by atoms with Crippen LogP contribution in [0.4, 0.5) is 0 Å². The highest BCUT2D eigenvalue weighted by atomic mass is 15.3. The van der Waals surface area contributed by atoms with Gasteiger partial charge in [-0.05, 0) is 44.5 Å². The van der Waals surface area contributed by atoms with Crippen molar-refractivity contribution < 1.29 is 0 Å². The van der Waals surface area contributed by atoms with Crippen molar-refractivity contribution in [2.45, 2.75) is 33.7 Å². The van der Waals surface area contributed by atoms with E-state index in [1.54, 1.807) is 0 Å². The summed E-state index contributed by atoms with van der Waals surface area (Å²) in [6.45, 7) is 8.11. The van der Waals surface area contributed by atoms with Crippen LogP contribution in [0, 0.1) is 13.8 Å². The van der Waals surface area contributed by atoms with Crippen LogP contribution in [0.1, 0.15) is 30.3 Å². The first-order valence-electron chi connectivity index (χ1n) is 6.39. The Labute approximate surface area is 108 Å². The molecule has 0 amide bonds. The predicted molar refractivity (Wildman–Crippen MR) is 72.8 cm³/mol. The molecule has 2 rings (SSSR count). The number of rotatable bonds is 5. The minimum absolute atomic E-state index is 0.855. The van der Waals surface area contributed by atoms with E-state index in [2.05, 4.69) is 41.4 Å². The highest BCUT2D eigenvalue weighted by Crippen LogP contribution is 2.12. The molecule has 0 atom stereocenters. The molecule has 96 valence electrons. The molecular weight excluding hydrogens is 224 g/mol. The average Bonchev–Trinajstić information content (AvgIpc) is 2.69.